The number of anilines is 1. The number of hydrogen-bond acceptors (Lipinski definition) is 6. The highest BCUT2D eigenvalue weighted by Crippen LogP contribution is 2.33. The van der Waals surface area contributed by atoms with E-state index in [2.05, 4.69) is 41.9 Å². The van der Waals surface area contributed by atoms with Crippen molar-refractivity contribution in [2.24, 2.45) is 0 Å². The van der Waals surface area contributed by atoms with Gasteiger partial charge in [-0.2, -0.15) is 10.5 Å². The van der Waals surface area contributed by atoms with Crippen molar-refractivity contribution in [3.05, 3.63) is 34.2 Å². The van der Waals surface area contributed by atoms with Gasteiger partial charge in [-0.05, 0) is 24.3 Å². The van der Waals surface area contributed by atoms with Gasteiger partial charge in [0.2, 0.25) is 5.82 Å². The summed E-state index contributed by atoms with van der Waals surface area (Å²) in [5.41, 5.74) is 1.97. The first-order valence-electron chi connectivity index (χ1n) is 5.61. The Morgan fingerprint density at radius 3 is 2.95 bits per heavy atom. The van der Waals surface area contributed by atoms with Crippen molar-refractivity contribution in [1.29, 1.82) is 5.26 Å². The summed E-state index contributed by atoms with van der Waals surface area (Å²) in [7, 11) is 1.59. The number of nitrogens with zero attached hydrogens (tertiary/aromatic N) is 4. The highest BCUT2D eigenvalue weighted by Gasteiger charge is 2.10. The number of ether oxygens (including phenoxy) is 1. The summed E-state index contributed by atoms with van der Waals surface area (Å²) in [5.74, 6) is 0.925. The van der Waals surface area contributed by atoms with Crippen LogP contribution in [0.15, 0.2) is 22.8 Å². The third-order valence-electron chi connectivity index (χ3n) is 2.62. The fraction of sp³-hybridized carbons (Fsp3) is 0.167. The van der Waals surface area contributed by atoms with Crippen LogP contribution < -0.4 is 10.1 Å². The van der Waals surface area contributed by atoms with Crippen molar-refractivity contribution in [1.82, 2.24) is 20.6 Å². The highest BCUT2D eigenvalue weighted by atomic mass is 79.9. The zero-order valence-corrected chi connectivity index (χ0v) is 12.4. The largest absolute Gasteiger partial charge is 0.494 e. The van der Waals surface area contributed by atoms with Crippen molar-refractivity contribution < 1.29 is 4.74 Å². The van der Waals surface area contributed by atoms with Crippen LogP contribution in [0.2, 0.25) is 0 Å². The zero-order chi connectivity index (χ0) is 14.5. The van der Waals surface area contributed by atoms with E-state index in [1.54, 1.807) is 7.11 Å². The molecule has 102 valence electrons. The van der Waals surface area contributed by atoms with Gasteiger partial charge in [-0.3, -0.25) is 0 Å². The lowest BCUT2D eigenvalue weighted by Gasteiger charge is -2.12. The van der Waals surface area contributed by atoms with E-state index in [0.717, 1.165) is 15.7 Å². The molecule has 0 aliphatic carbocycles. The number of tetrazole rings is 1. The van der Waals surface area contributed by atoms with Gasteiger partial charge in [-0.25, -0.2) is 0 Å². The third kappa shape index (κ3) is 2.78. The molecule has 0 atom stereocenters. The lowest BCUT2D eigenvalue weighted by Crippen LogP contribution is -1.98. The Hall–Kier alpha value is -2.40. The Balaban J connectivity index is 2.31. The van der Waals surface area contributed by atoms with Crippen LogP contribution in [0.1, 0.15) is 11.4 Å². The van der Waals surface area contributed by atoms with Crippen LogP contribution in [0.25, 0.3) is 5.57 Å². The summed E-state index contributed by atoms with van der Waals surface area (Å²) in [5, 5.41) is 25.3. The molecule has 2 N–H and O–H groups in total. The van der Waals surface area contributed by atoms with Gasteiger partial charge in [0.15, 0.2) is 0 Å². The number of rotatable bonds is 4. The van der Waals surface area contributed by atoms with Crippen molar-refractivity contribution in [3.8, 4) is 11.8 Å². The fourth-order valence-corrected chi connectivity index (χ4v) is 1.93. The van der Waals surface area contributed by atoms with Gasteiger partial charge < -0.3 is 10.1 Å². The average molecular weight is 335 g/mol. The number of benzene rings is 1. The first-order chi connectivity index (χ1) is 9.67. The number of allylic oxidation sites excluding steroid dienone is 1. The Kier molecular flexibility index (Phi) is 4.32. The van der Waals surface area contributed by atoms with E-state index in [4.69, 9.17) is 10.00 Å². The van der Waals surface area contributed by atoms with Gasteiger partial charge >= 0.3 is 0 Å². The van der Waals surface area contributed by atoms with Gasteiger partial charge in [-0.15, -0.1) is 10.2 Å². The Morgan fingerprint density at radius 2 is 2.35 bits per heavy atom. The zero-order valence-electron chi connectivity index (χ0n) is 10.8. The first kappa shape index (κ1) is 14.0. The van der Waals surface area contributed by atoms with E-state index in [0.29, 0.717) is 5.75 Å². The van der Waals surface area contributed by atoms with E-state index in [-0.39, 0.29) is 11.4 Å². The van der Waals surface area contributed by atoms with Crippen LogP contribution in [0.3, 0.4) is 0 Å². The highest BCUT2D eigenvalue weighted by molar-refractivity contribution is 9.10. The standard InChI is InChI=1S/C12H11BrN6O/c1-7-9(13)3-4-10(11(7)20-2)15-6-8(5-14)12-16-18-19-17-12/h3-4,6,15H,1-2H3,(H,16,17,18,19). The van der Waals surface area contributed by atoms with Crippen LogP contribution in [0.4, 0.5) is 5.69 Å². The maximum atomic E-state index is 9.08. The minimum atomic E-state index is 0.229. The predicted molar refractivity (Wildman–Crippen MR) is 76.8 cm³/mol. The molecule has 8 heteroatoms. The Bertz CT molecular complexity index is 674. The molecule has 2 aromatic rings. The van der Waals surface area contributed by atoms with E-state index < -0.39 is 0 Å². The van der Waals surface area contributed by atoms with Crippen LogP contribution in [0, 0.1) is 18.3 Å². The van der Waals surface area contributed by atoms with Crippen molar-refractivity contribution >= 4 is 27.2 Å². The van der Waals surface area contributed by atoms with Crippen molar-refractivity contribution in [3.63, 3.8) is 0 Å². The number of methoxy groups -OCH3 is 1. The molecule has 1 heterocycles. The van der Waals surface area contributed by atoms with E-state index in [9.17, 15) is 0 Å². The molecule has 20 heavy (non-hydrogen) atoms. The van der Waals surface area contributed by atoms with Crippen molar-refractivity contribution in [2.75, 3.05) is 12.4 Å². The summed E-state index contributed by atoms with van der Waals surface area (Å²) in [6.45, 7) is 1.93. The van der Waals surface area contributed by atoms with E-state index >= 15 is 0 Å². The maximum Gasteiger partial charge on any atom is 0.216 e. The Morgan fingerprint density at radius 1 is 1.55 bits per heavy atom. The first-order valence-corrected chi connectivity index (χ1v) is 6.40. The van der Waals surface area contributed by atoms with Crippen LogP contribution in [-0.4, -0.2) is 27.7 Å². The summed E-state index contributed by atoms with van der Waals surface area (Å²) >= 11 is 3.44. The number of H-pyrrole nitrogens is 1. The SMILES string of the molecule is COc1c(NC=C(C#N)c2nn[nH]n2)ccc(Br)c1C. The average Bonchev–Trinajstić information content (AvgIpc) is 2.97. The number of nitriles is 1. The second-order valence-electron chi connectivity index (χ2n) is 3.80. The lowest BCUT2D eigenvalue weighted by atomic mass is 10.2. The summed E-state index contributed by atoms with van der Waals surface area (Å²) in [6, 6.07) is 5.74. The molecular formula is C12H11BrN6O. The van der Waals surface area contributed by atoms with E-state index in [1.807, 2.05) is 25.1 Å². The molecule has 0 radical (unpaired) electrons. The molecule has 0 saturated heterocycles. The van der Waals surface area contributed by atoms with Gasteiger partial charge in [0, 0.05) is 16.2 Å². The molecule has 0 spiro atoms. The van der Waals surface area contributed by atoms with Gasteiger partial charge in [0.1, 0.15) is 17.4 Å². The summed E-state index contributed by atoms with van der Waals surface area (Å²) in [6.07, 6.45) is 1.51. The molecule has 0 aliphatic heterocycles. The van der Waals surface area contributed by atoms with Gasteiger partial charge in [0.05, 0.1) is 12.8 Å². The normalized spacial score (nSPS) is 11.0. The molecule has 0 saturated carbocycles. The third-order valence-corrected chi connectivity index (χ3v) is 3.48. The number of hydrogen-bond donors (Lipinski definition) is 2. The molecule has 1 aromatic carbocycles. The molecule has 0 fully saturated rings. The summed E-state index contributed by atoms with van der Waals surface area (Å²) in [4.78, 5) is 0. The number of aromatic nitrogens is 4. The second kappa shape index (κ2) is 6.16. The number of halogens is 1. The molecular weight excluding hydrogens is 324 g/mol. The molecule has 0 amide bonds. The quantitative estimate of drug-likeness (QED) is 0.832. The topological polar surface area (TPSA) is 99.5 Å². The maximum absolute atomic E-state index is 9.08. The molecule has 0 aliphatic rings. The van der Waals surface area contributed by atoms with Crippen LogP contribution in [-0.2, 0) is 0 Å². The summed E-state index contributed by atoms with van der Waals surface area (Å²) < 4.78 is 6.31. The number of nitrogens with one attached hydrogen (secondary N) is 2. The monoisotopic (exact) mass is 334 g/mol. The van der Waals surface area contributed by atoms with Crippen LogP contribution in [0.5, 0.6) is 5.75 Å². The molecule has 0 bridgehead atoms. The molecule has 0 unspecified atom stereocenters. The van der Waals surface area contributed by atoms with E-state index in [1.165, 1.54) is 6.20 Å². The van der Waals surface area contributed by atoms with Crippen LogP contribution >= 0.6 is 15.9 Å². The minimum absolute atomic E-state index is 0.229. The number of aromatic amines is 1. The molecule has 7 nitrogen and oxygen atoms in total. The van der Waals surface area contributed by atoms with Gasteiger partial charge in [-0.1, -0.05) is 15.9 Å². The lowest BCUT2D eigenvalue weighted by molar-refractivity contribution is 0.413. The minimum Gasteiger partial charge on any atom is -0.494 e. The predicted octanol–water partition coefficient (Wildman–Crippen LogP) is 2.26. The second-order valence-corrected chi connectivity index (χ2v) is 4.66. The Labute approximate surface area is 123 Å². The molecule has 1 aromatic heterocycles. The fourth-order valence-electron chi connectivity index (χ4n) is 1.62. The van der Waals surface area contributed by atoms with Crippen molar-refractivity contribution in [2.45, 2.75) is 6.92 Å². The van der Waals surface area contributed by atoms with Gasteiger partial charge in [0.25, 0.3) is 0 Å². The molecule has 2 rings (SSSR count). The smallest absolute Gasteiger partial charge is 0.216 e.